The topological polar surface area (TPSA) is 136 Å². The van der Waals surface area contributed by atoms with Gasteiger partial charge in [-0.2, -0.15) is 5.16 Å². The lowest BCUT2D eigenvalue weighted by molar-refractivity contribution is -0.148. The first-order chi connectivity index (χ1) is 14.7. The summed E-state index contributed by atoms with van der Waals surface area (Å²) in [7, 11) is 0. The zero-order valence-corrected chi connectivity index (χ0v) is 16.6. The van der Waals surface area contributed by atoms with Gasteiger partial charge in [0, 0.05) is 11.6 Å². The number of carbonyl (C=O) groups is 2. The molecular formula is C20H17ClFN3O6. The molecule has 0 aliphatic heterocycles. The normalized spacial score (nSPS) is 12.0. The summed E-state index contributed by atoms with van der Waals surface area (Å²) in [6, 6.07) is 11.9. The summed E-state index contributed by atoms with van der Waals surface area (Å²) in [5, 5.41) is 22.0. The van der Waals surface area contributed by atoms with Gasteiger partial charge in [0.05, 0.1) is 12.6 Å². The van der Waals surface area contributed by atoms with Gasteiger partial charge in [-0.3, -0.25) is 15.0 Å². The summed E-state index contributed by atoms with van der Waals surface area (Å²) >= 11 is 5.89. The maximum absolute atomic E-state index is 13.6. The van der Waals surface area contributed by atoms with Crippen LogP contribution >= 0.6 is 11.6 Å². The molecule has 4 N–H and O–H groups in total. The monoisotopic (exact) mass is 449 g/mol. The molecule has 3 rings (SSSR count). The molecule has 0 aliphatic rings. The number of carboxylic acids is 1. The lowest BCUT2D eigenvalue weighted by atomic mass is 10.0. The van der Waals surface area contributed by atoms with Gasteiger partial charge in [-0.05, 0) is 34.9 Å². The van der Waals surface area contributed by atoms with Crippen LogP contribution in [0.5, 0.6) is 0 Å². The van der Waals surface area contributed by atoms with Crippen LogP contribution in [-0.4, -0.2) is 44.9 Å². The number of hydrogen-bond acceptors (Lipinski definition) is 6. The van der Waals surface area contributed by atoms with Crippen molar-refractivity contribution in [3.05, 3.63) is 81.0 Å². The van der Waals surface area contributed by atoms with Crippen LogP contribution in [0.4, 0.5) is 4.39 Å². The summed E-state index contributed by atoms with van der Waals surface area (Å²) in [6.07, 6.45) is -1.77. The first-order valence-corrected chi connectivity index (χ1v) is 9.30. The van der Waals surface area contributed by atoms with E-state index in [1.54, 1.807) is 30.3 Å². The van der Waals surface area contributed by atoms with E-state index in [0.29, 0.717) is 16.7 Å². The molecule has 0 fully saturated rings. The quantitative estimate of drug-likeness (QED) is 0.386. The number of aromatic nitrogens is 1. The number of aliphatic hydroxyl groups is 1. The maximum atomic E-state index is 13.6. The highest BCUT2D eigenvalue weighted by Gasteiger charge is 2.22. The Morgan fingerprint density at radius 2 is 1.87 bits per heavy atom. The molecule has 11 heteroatoms. The highest BCUT2D eigenvalue weighted by atomic mass is 35.5. The van der Waals surface area contributed by atoms with Crippen LogP contribution in [-0.2, 0) is 11.3 Å². The van der Waals surface area contributed by atoms with Crippen LogP contribution in [0.3, 0.4) is 0 Å². The minimum Gasteiger partial charge on any atom is -0.479 e. The van der Waals surface area contributed by atoms with E-state index in [1.807, 2.05) is 5.16 Å². The predicted molar refractivity (Wildman–Crippen MR) is 108 cm³/mol. The van der Waals surface area contributed by atoms with Crippen molar-refractivity contribution in [2.24, 2.45) is 0 Å². The van der Waals surface area contributed by atoms with Crippen molar-refractivity contribution in [1.82, 2.24) is 15.6 Å². The number of carboxylic acid groups (broad SMARTS) is 1. The number of aromatic amines is 1. The highest BCUT2D eigenvalue weighted by molar-refractivity contribution is 6.30. The molecule has 0 bridgehead atoms. The van der Waals surface area contributed by atoms with Crippen LogP contribution < -0.4 is 11.0 Å². The van der Waals surface area contributed by atoms with Crippen molar-refractivity contribution in [3.8, 4) is 11.1 Å². The van der Waals surface area contributed by atoms with Gasteiger partial charge >= 0.3 is 11.9 Å². The van der Waals surface area contributed by atoms with E-state index in [9.17, 15) is 23.9 Å². The second kappa shape index (κ2) is 9.56. The first-order valence-electron chi connectivity index (χ1n) is 8.92. The zero-order valence-electron chi connectivity index (χ0n) is 15.8. The summed E-state index contributed by atoms with van der Waals surface area (Å²) in [5.41, 5.74) is 3.70. The SMILES string of the molecule is O=C(NN(Cc1ccc(-c2cc(F)cc(Cl)c2)cc1)C[C@H](O)C(=O)O)c1cc(=O)[nH]o1. The molecule has 3 aromatic rings. The number of aliphatic hydroxyl groups excluding tert-OH is 1. The van der Waals surface area contributed by atoms with Crippen LogP contribution in [0.1, 0.15) is 16.1 Å². The van der Waals surface area contributed by atoms with E-state index in [1.165, 1.54) is 17.1 Å². The number of aliphatic carboxylic acids is 1. The number of carbonyl (C=O) groups excluding carboxylic acids is 1. The van der Waals surface area contributed by atoms with E-state index in [2.05, 4.69) is 5.43 Å². The second-order valence-electron chi connectivity index (χ2n) is 6.61. The predicted octanol–water partition coefficient (Wildman–Crippen LogP) is 2.02. The third-order valence-corrected chi connectivity index (χ3v) is 4.43. The molecule has 0 saturated carbocycles. The Hall–Kier alpha value is -3.47. The Kier molecular flexibility index (Phi) is 6.85. The number of nitrogens with one attached hydrogen (secondary N) is 2. The van der Waals surface area contributed by atoms with Crippen molar-refractivity contribution in [1.29, 1.82) is 0 Å². The fourth-order valence-corrected chi connectivity index (χ4v) is 3.00. The molecule has 162 valence electrons. The largest absolute Gasteiger partial charge is 0.479 e. The Labute approximate surface area is 179 Å². The van der Waals surface area contributed by atoms with Crippen molar-refractivity contribution < 1.29 is 28.7 Å². The Morgan fingerprint density at radius 1 is 1.16 bits per heavy atom. The maximum Gasteiger partial charge on any atom is 0.333 e. The van der Waals surface area contributed by atoms with E-state index < -0.39 is 35.9 Å². The number of hydrogen-bond donors (Lipinski definition) is 4. The molecule has 0 saturated heterocycles. The number of rotatable bonds is 8. The first kappa shape index (κ1) is 22.2. The number of halogens is 2. The summed E-state index contributed by atoms with van der Waals surface area (Å²) in [6.45, 7) is -0.411. The number of hydrazine groups is 1. The molecule has 0 unspecified atom stereocenters. The molecule has 0 radical (unpaired) electrons. The summed E-state index contributed by atoms with van der Waals surface area (Å²) < 4.78 is 18.3. The Bertz CT molecular complexity index is 1120. The van der Waals surface area contributed by atoms with E-state index in [0.717, 1.165) is 6.07 Å². The van der Waals surface area contributed by atoms with E-state index >= 15 is 0 Å². The lowest BCUT2D eigenvalue weighted by Crippen LogP contribution is -2.47. The fraction of sp³-hybridized carbons (Fsp3) is 0.150. The van der Waals surface area contributed by atoms with Gasteiger partial charge in [-0.1, -0.05) is 35.9 Å². The number of H-pyrrole nitrogens is 1. The lowest BCUT2D eigenvalue weighted by Gasteiger charge is -2.24. The molecule has 0 spiro atoms. The molecule has 31 heavy (non-hydrogen) atoms. The highest BCUT2D eigenvalue weighted by Crippen LogP contribution is 2.25. The average molecular weight is 450 g/mol. The van der Waals surface area contributed by atoms with Crippen molar-refractivity contribution in [2.75, 3.05) is 6.54 Å². The molecular weight excluding hydrogens is 433 g/mol. The molecule has 1 atom stereocenters. The van der Waals surface area contributed by atoms with Gasteiger partial charge in [0.15, 0.2) is 6.10 Å². The van der Waals surface area contributed by atoms with Crippen LogP contribution in [0, 0.1) is 5.82 Å². The average Bonchev–Trinajstić information content (AvgIpc) is 3.14. The standard InChI is InChI=1S/C20H17ClFN3O6/c21-14-5-13(6-15(22)7-14)12-3-1-11(2-4-12)9-25(10-16(26)20(29)30)23-19(28)17-8-18(27)24-31-17/h1-8,16,26H,9-10H2,(H,23,28)(H,24,27)(H,29,30)/t16-/m0/s1. The van der Waals surface area contributed by atoms with Gasteiger partial charge < -0.3 is 14.7 Å². The van der Waals surface area contributed by atoms with Gasteiger partial charge in [0.2, 0.25) is 5.76 Å². The molecule has 2 aromatic carbocycles. The molecule has 1 amide bonds. The number of nitrogens with zero attached hydrogens (tertiary/aromatic N) is 1. The van der Waals surface area contributed by atoms with Crippen molar-refractivity contribution in [2.45, 2.75) is 12.6 Å². The van der Waals surface area contributed by atoms with E-state index in [-0.39, 0.29) is 17.3 Å². The van der Waals surface area contributed by atoms with Crippen LogP contribution in [0.15, 0.2) is 57.8 Å². The Morgan fingerprint density at radius 3 is 2.45 bits per heavy atom. The summed E-state index contributed by atoms with van der Waals surface area (Å²) in [5.74, 6) is -3.05. The van der Waals surface area contributed by atoms with Gasteiger partial charge in [-0.25, -0.2) is 14.2 Å². The van der Waals surface area contributed by atoms with Crippen molar-refractivity contribution in [3.63, 3.8) is 0 Å². The second-order valence-corrected chi connectivity index (χ2v) is 7.04. The van der Waals surface area contributed by atoms with Gasteiger partial charge in [0.25, 0.3) is 5.56 Å². The van der Waals surface area contributed by atoms with E-state index in [4.69, 9.17) is 21.2 Å². The molecule has 9 nitrogen and oxygen atoms in total. The molecule has 1 heterocycles. The number of benzene rings is 2. The zero-order chi connectivity index (χ0) is 22.5. The van der Waals surface area contributed by atoms with Crippen molar-refractivity contribution >= 4 is 23.5 Å². The van der Waals surface area contributed by atoms with Crippen LogP contribution in [0.2, 0.25) is 5.02 Å². The van der Waals surface area contributed by atoms with Gasteiger partial charge in [0.1, 0.15) is 5.82 Å². The molecule has 0 aliphatic carbocycles. The fourth-order valence-electron chi connectivity index (χ4n) is 2.77. The third kappa shape index (κ3) is 6.01. The minimum absolute atomic E-state index is 0.0227. The van der Waals surface area contributed by atoms with Gasteiger partial charge in [-0.15, -0.1) is 0 Å². The molecule has 1 aromatic heterocycles. The smallest absolute Gasteiger partial charge is 0.333 e. The summed E-state index contributed by atoms with van der Waals surface area (Å²) in [4.78, 5) is 34.4. The van der Waals surface area contributed by atoms with Crippen LogP contribution in [0.25, 0.3) is 11.1 Å². The number of amides is 1. The third-order valence-electron chi connectivity index (χ3n) is 4.21. The minimum atomic E-state index is -1.77. The Balaban J connectivity index is 1.77.